The van der Waals surface area contributed by atoms with Crippen LogP contribution in [0, 0.1) is 0 Å². The van der Waals surface area contributed by atoms with Crippen molar-refractivity contribution in [2.24, 2.45) is 7.05 Å². The number of carbonyl (C=O) groups is 2. The summed E-state index contributed by atoms with van der Waals surface area (Å²) in [6.45, 7) is 1.95. The monoisotopic (exact) mass is 303 g/mol. The van der Waals surface area contributed by atoms with E-state index in [1.165, 1.54) is 18.0 Å². The van der Waals surface area contributed by atoms with Gasteiger partial charge < -0.3 is 14.8 Å². The molecule has 116 valence electrons. The minimum atomic E-state index is -0.536. The number of hydrogen-bond acceptors (Lipinski definition) is 5. The standard InChI is InChI=1S/C15H17N3O4/c1-4-22-15(20)11-9-16-18(2)13(11)17-14(19)10-7-5-6-8-12(10)21-3/h5-9H,4H2,1-3H3,(H,17,19). The molecule has 1 aromatic carbocycles. The maximum absolute atomic E-state index is 12.4. The predicted molar refractivity (Wildman–Crippen MR) is 80.1 cm³/mol. The Morgan fingerprint density at radius 2 is 2.00 bits per heavy atom. The van der Waals surface area contributed by atoms with E-state index >= 15 is 0 Å². The molecule has 0 spiro atoms. The van der Waals surface area contributed by atoms with Crippen LogP contribution >= 0.6 is 0 Å². The molecule has 0 saturated carbocycles. The fourth-order valence-corrected chi connectivity index (χ4v) is 1.95. The number of esters is 1. The Balaban J connectivity index is 2.29. The third-order valence-corrected chi connectivity index (χ3v) is 3.02. The molecule has 0 aliphatic carbocycles. The number of aryl methyl sites for hydroxylation is 1. The minimum absolute atomic E-state index is 0.201. The summed E-state index contributed by atoms with van der Waals surface area (Å²) >= 11 is 0. The fourth-order valence-electron chi connectivity index (χ4n) is 1.95. The van der Waals surface area contributed by atoms with Gasteiger partial charge in [-0.05, 0) is 19.1 Å². The molecule has 0 saturated heterocycles. The summed E-state index contributed by atoms with van der Waals surface area (Å²) in [5, 5.41) is 6.65. The first-order valence-corrected chi connectivity index (χ1v) is 6.72. The number of nitrogens with one attached hydrogen (secondary N) is 1. The van der Waals surface area contributed by atoms with E-state index in [0.717, 1.165) is 0 Å². The summed E-state index contributed by atoms with van der Waals surface area (Å²) in [5.74, 6) is -0.216. The number of nitrogens with zero attached hydrogens (tertiary/aromatic N) is 2. The number of para-hydroxylation sites is 1. The number of amides is 1. The molecule has 7 nitrogen and oxygen atoms in total. The average molecular weight is 303 g/mol. The van der Waals surface area contributed by atoms with Crippen molar-refractivity contribution in [3.05, 3.63) is 41.6 Å². The number of carbonyl (C=O) groups excluding carboxylic acids is 2. The number of ether oxygens (including phenoxy) is 2. The molecule has 2 aromatic rings. The first kappa shape index (κ1) is 15.6. The molecule has 1 amide bonds. The van der Waals surface area contributed by atoms with Gasteiger partial charge in [0.1, 0.15) is 17.1 Å². The van der Waals surface area contributed by atoms with Crippen molar-refractivity contribution in [3.8, 4) is 5.75 Å². The highest BCUT2D eigenvalue weighted by molar-refractivity contribution is 6.08. The molecule has 0 aliphatic rings. The van der Waals surface area contributed by atoms with Crippen LogP contribution in [0.2, 0.25) is 0 Å². The number of anilines is 1. The Hall–Kier alpha value is -2.83. The van der Waals surface area contributed by atoms with E-state index in [-0.39, 0.29) is 18.0 Å². The quantitative estimate of drug-likeness (QED) is 0.852. The zero-order valence-electron chi connectivity index (χ0n) is 12.6. The molecule has 1 heterocycles. The third-order valence-electron chi connectivity index (χ3n) is 3.02. The smallest absolute Gasteiger partial charge is 0.343 e. The lowest BCUT2D eigenvalue weighted by Gasteiger charge is -2.10. The lowest BCUT2D eigenvalue weighted by atomic mass is 10.2. The Labute approximate surface area is 127 Å². The minimum Gasteiger partial charge on any atom is -0.496 e. The number of rotatable bonds is 5. The van der Waals surface area contributed by atoms with E-state index in [9.17, 15) is 9.59 Å². The van der Waals surface area contributed by atoms with Crippen molar-refractivity contribution in [2.75, 3.05) is 19.0 Å². The molecule has 22 heavy (non-hydrogen) atoms. The Morgan fingerprint density at radius 1 is 1.27 bits per heavy atom. The van der Waals surface area contributed by atoms with Crippen LogP contribution in [0.4, 0.5) is 5.82 Å². The molecular formula is C15H17N3O4. The second-order valence-corrected chi connectivity index (χ2v) is 4.41. The van der Waals surface area contributed by atoms with Crippen molar-refractivity contribution in [2.45, 2.75) is 6.92 Å². The van der Waals surface area contributed by atoms with Crippen LogP contribution in [-0.4, -0.2) is 35.4 Å². The maximum Gasteiger partial charge on any atom is 0.343 e. The van der Waals surface area contributed by atoms with E-state index < -0.39 is 11.9 Å². The van der Waals surface area contributed by atoms with Crippen LogP contribution in [0.1, 0.15) is 27.6 Å². The summed E-state index contributed by atoms with van der Waals surface area (Å²) in [4.78, 5) is 24.3. The summed E-state index contributed by atoms with van der Waals surface area (Å²) in [7, 11) is 3.11. The average Bonchev–Trinajstić information content (AvgIpc) is 2.88. The highest BCUT2D eigenvalue weighted by Gasteiger charge is 2.21. The number of benzene rings is 1. The van der Waals surface area contributed by atoms with Gasteiger partial charge in [-0.25, -0.2) is 4.79 Å². The van der Waals surface area contributed by atoms with Crippen molar-refractivity contribution in [1.29, 1.82) is 0 Å². The van der Waals surface area contributed by atoms with Crippen molar-refractivity contribution in [3.63, 3.8) is 0 Å². The maximum atomic E-state index is 12.4. The molecule has 0 fully saturated rings. The van der Waals surface area contributed by atoms with E-state index in [0.29, 0.717) is 11.3 Å². The summed E-state index contributed by atoms with van der Waals surface area (Å²) in [5.41, 5.74) is 0.564. The zero-order valence-corrected chi connectivity index (χ0v) is 12.6. The van der Waals surface area contributed by atoms with Gasteiger partial charge in [0.05, 0.1) is 25.5 Å². The summed E-state index contributed by atoms with van der Waals surface area (Å²) in [6.07, 6.45) is 1.36. The van der Waals surface area contributed by atoms with Crippen LogP contribution in [0.25, 0.3) is 0 Å². The zero-order chi connectivity index (χ0) is 16.1. The second-order valence-electron chi connectivity index (χ2n) is 4.41. The first-order chi connectivity index (χ1) is 10.6. The summed E-state index contributed by atoms with van der Waals surface area (Å²) < 4.78 is 11.5. The first-order valence-electron chi connectivity index (χ1n) is 6.72. The van der Waals surface area contributed by atoms with E-state index in [2.05, 4.69) is 10.4 Å². The van der Waals surface area contributed by atoms with E-state index in [4.69, 9.17) is 9.47 Å². The van der Waals surface area contributed by atoms with Gasteiger partial charge in [-0.1, -0.05) is 12.1 Å². The third kappa shape index (κ3) is 3.08. The van der Waals surface area contributed by atoms with Gasteiger partial charge in [0, 0.05) is 7.05 Å². The molecule has 0 bridgehead atoms. The molecule has 1 N–H and O–H groups in total. The predicted octanol–water partition coefficient (Wildman–Crippen LogP) is 1.86. The normalized spacial score (nSPS) is 10.1. The molecule has 0 atom stereocenters. The lowest BCUT2D eigenvalue weighted by Crippen LogP contribution is -2.18. The summed E-state index contributed by atoms with van der Waals surface area (Å²) in [6, 6.07) is 6.82. The van der Waals surface area contributed by atoms with Crippen LogP contribution in [-0.2, 0) is 11.8 Å². The van der Waals surface area contributed by atoms with Crippen molar-refractivity contribution in [1.82, 2.24) is 9.78 Å². The topological polar surface area (TPSA) is 82.5 Å². The van der Waals surface area contributed by atoms with Gasteiger partial charge in [-0.3, -0.25) is 9.48 Å². The van der Waals surface area contributed by atoms with Crippen LogP contribution < -0.4 is 10.1 Å². The van der Waals surface area contributed by atoms with Crippen LogP contribution in [0.5, 0.6) is 5.75 Å². The molecule has 0 aliphatic heterocycles. The molecule has 0 radical (unpaired) electrons. The molecule has 7 heteroatoms. The Bertz CT molecular complexity index is 694. The molecule has 2 rings (SSSR count). The Kier molecular flexibility index (Phi) is 4.77. The largest absolute Gasteiger partial charge is 0.496 e. The van der Waals surface area contributed by atoms with Crippen molar-refractivity contribution >= 4 is 17.7 Å². The lowest BCUT2D eigenvalue weighted by molar-refractivity contribution is 0.0527. The fraction of sp³-hybridized carbons (Fsp3) is 0.267. The highest BCUT2D eigenvalue weighted by atomic mass is 16.5. The number of hydrogen-bond donors (Lipinski definition) is 1. The van der Waals surface area contributed by atoms with E-state index in [1.807, 2.05) is 0 Å². The Morgan fingerprint density at radius 3 is 2.68 bits per heavy atom. The van der Waals surface area contributed by atoms with Crippen molar-refractivity contribution < 1.29 is 19.1 Å². The van der Waals surface area contributed by atoms with Gasteiger partial charge in [-0.2, -0.15) is 5.10 Å². The van der Waals surface area contributed by atoms with Gasteiger partial charge in [-0.15, -0.1) is 0 Å². The second kappa shape index (κ2) is 6.75. The van der Waals surface area contributed by atoms with Crippen LogP contribution in [0.15, 0.2) is 30.5 Å². The SMILES string of the molecule is CCOC(=O)c1cnn(C)c1NC(=O)c1ccccc1OC. The van der Waals surface area contributed by atoms with Gasteiger partial charge in [0.25, 0.3) is 5.91 Å². The van der Waals surface area contributed by atoms with Gasteiger partial charge in [0.2, 0.25) is 0 Å². The highest BCUT2D eigenvalue weighted by Crippen LogP contribution is 2.21. The van der Waals surface area contributed by atoms with Gasteiger partial charge >= 0.3 is 5.97 Å². The van der Waals surface area contributed by atoms with E-state index in [1.54, 1.807) is 38.2 Å². The van der Waals surface area contributed by atoms with Gasteiger partial charge in [0.15, 0.2) is 0 Å². The number of aromatic nitrogens is 2. The number of methoxy groups -OCH3 is 1. The van der Waals surface area contributed by atoms with Crippen LogP contribution in [0.3, 0.4) is 0 Å². The molecule has 1 aromatic heterocycles. The molecular weight excluding hydrogens is 286 g/mol. The molecule has 0 unspecified atom stereocenters.